The molecule has 5 heteroatoms. The quantitative estimate of drug-likeness (QED) is 0.650. The van der Waals surface area contributed by atoms with Gasteiger partial charge in [-0.15, -0.1) is 0 Å². The number of nitrogens with zero attached hydrogens (tertiary/aromatic N) is 3. The van der Waals surface area contributed by atoms with Gasteiger partial charge in [0.1, 0.15) is 5.82 Å². The lowest BCUT2D eigenvalue weighted by Crippen LogP contribution is -2.49. The van der Waals surface area contributed by atoms with Gasteiger partial charge in [-0.2, -0.15) is 0 Å². The number of anilines is 1. The molecular formula is C24H26FN3O. The first-order valence-corrected chi connectivity index (χ1v) is 10.1. The summed E-state index contributed by atoms with van der Waals surface area (Å²) >= 11 is 0. The summed E-state index contributed by atoms with van der Waals surface area (Å²) in [6.07, 6.45) is 4.44. The molecule has 29 heavy (non-hydrogen) atoms. The van der Waals surface area contributed by atoms with E-state index >= 15 is 0 Å². The number of aryl methyl sites for hydroxylation is 1. The van der Waals surface area contributed by atoms with Crippen LogP contribution < -0.4 is 4.90 Å². The smallest absolute Gasteiger partial charge is 0.225 e. The molecule has 1 aliphatic rings. The fourth-order valence-electron chi connectivity index (χ4n) is 4.09. The molecule has 1 atom stereocenters. The topological polar surface area (TPSA) is 28.5 Å². The van der Waals surface area contributed by atoms with Gasteiger partial charge in [-0.05, 0) is 42.3 Å². The first kappa shape index (κ1) is 19.2. The van der Waals surface area contributed by atoms with Gasteiger partial charge in [0, 0.05) is 38.6 Å². The van der Waals surface area contributed by atoms with Crippen molar-refractivity contribution in [3.05, 3.63) is 90.0 Å². The lowest BCUT2D eigenvalue weighted by atomic mass is 9.98. The Balaban J connectivity index is 1.45. The van der Waals surface area contributed by atoms with E-state index in [-0.39, 0.29) is 17.8 Å². The number of para-hydroxylation sites is 1. The molecule has 3 aromatic rings. The van der Waals surface area contributed by atoms with Gasteiger partial charge in [-0.1, -0.05) is 36.4 Å². The minimum atomic E-state index is -0.209. The second-order valence-electron chi connectivity index (χ2n) is 7.53. The average molecular weight is 391 g/mol. The van der Waals surface area contributed by atoms with Crippen LogP contribution in [-0.4, -0.2) is 41.6 Å². The fraction of sp³-hybridized carbons (Fsp3) is 0.292. The Bertz CT molecular complexity index is 962. The van der Waals surface area contributed by atoms with Gasteiger partial charge in [0.2, 0.25) is 5.91 Å². The molecule has 1 fully saturated rings. The number of aromatic nitrogens is 1. The summed E-state index contributed by atoms with van der Waals surface area (Å²) in [5, 5.41) is 0. The Hall–Kier alpha value is -3.08. The summed E-state index contributed by atoms with van der Waals surface area (Å²) in [6.45, 7) is 4.60. The van der Waals surface area contributed by atoms with Gasteiger partial charge in [-0.25, -0.2) is 4.39 Å². The number of hydrogen-bond donors (Lipinski definition) is 0. The molecule has 150 valence electrons. The van der Waals surface area contributed by atoms with E-state index in [1.165, 1.54) is 17.2 Å². The van der Waals surface area contributed by atoms with Crippen LogP contribution in [0.4, 0.5) is 10.1 Å². The van der Waals surface area contributed by atoms with Crippen molar-refractivity contribution in [1.82, 2.24) is 9.47 Å². The first-order valence-electron chi connectivity index (χ1n) is 10.1. The van der Waals surface area contributed by atoms with E-state index in [2.05, 4.69) is 23.6 Å². The van der Waals surface area contributed by atoms with Gasteiger partial charge in [0.25, 0.3) is 0 Å². The number of rotatable bonds is 5. The molecule has 1 aliphatic heterocycles. The van der Waals surface area contributed by atoms with Crippen LogP contribution >= 0.6 is 0 Å². The van der Waals surface area contributed by atoms with E-state index < -0.39 is 0 Å². The monoisotopic (exact) mass is 391 g/mol. The zero-order valence-corrected chi connectivity index (χ0v) is 16.7. The molecule has 1 aromatic heterocycles. The lowest BCUT2D eigenvalue weighted by Gasteiger charge is -2.37. The summed E-state index contributed by atoms with van der Waals surface area (Å²) in [5.74, 6) is -0.0698. The molecule has 0 N–H and O–H groups in total. The standard InChI is InChI=1S/C24H26FN3O/c1-19-8-2-3-9-20(19)23(26-12-6-7-13-26)18-24(29)28-16-14-27(15-17-28)22-11-5-4-10-21(22)25/h2-13,23H,14-18H2,1H3/t23-/m1/s1. The van der Waals surface area contributed by atoms with E-state index in [0.29, 0.717) is 38.3 Å². The minimum Gasteiger partial charge on any atom is -0.366 e. The van der Waals surface area contributed by atoms with E-state index in [1.807, 2.05) is 52.5 Å². The molecule has 0 bridgehead atoms. The highest BCUT2D eigenvalue weighted by atomic mass is 19.1. The molecule has 1 saturated heterocycles. The van der Waals surface area contributed by atoms with Crippen LogP contribution in [0.5, 0.6) is 0 Å². The Kier molecular flexibility index (Phi) is 5.65. The van der Waals surface area contributed by atoms with Crippen LogP contribution in [0, 0.1) is 12.7 Å². The largest absolute Gasteiger partial charge is 0.366 e. The second-order valence-corrected chi connectivity index (χ2v) is 7.53. The van der Waals surface area contributed by atoms with Crippen molar-refractivity contribution in [3.8, 4) is 0 Å². The van der Waals surface area contributed by atoms with Gasteiger partial charge in [-0.3, -0.25) is 4.79 Å². The second kappa shape index (κ2) is 8.52. The first-order chi connectivity index (χ1) is 14.1. The molecular weight excluding hydrogens is 365 g/mol. The number of hydrogen-bond acceptors (Lipinski definition) is 2. The van der Waals surface area contributed by atoms with E-state index in [9.17, 15) is 9.18 Å². The zero-order valence-electron chi connectivity index (χ0n) is 16.7. The number of benzene rings is 2. The molecule has 4 rings (SSSR count). The molecule has 4 nitrogen and oxygen atoms in total. The van der Waals surface area contributed by atoms with Gasteiger partial charge in [0.05, 0.1) is 18.2 Å². The molecule has 2 heterocycles. The van der Waals surface area contributed by atoms with E-state index in [4.69, 9.17) is 0 Å². The third kappa shape index (κ3) is 4.19. The van der Waals surface area contributed by atoms with Crippen molar-refractivity contribution in [2.45, 2.75) is 19.4 Å². The summed E-state index contributed by atoms with van der Waals surface area (Å²) in [4.78, 5) is 17.0. The van der Waals surface area contributed by atoms with Crippen LogP contribution in [0.1, 0.15) is 23.6 Å². The Labute approximate surface area is 171 Å². The predicted molar refractivity (Wildman–Crippen MR) is 114 cm³/mol. The van der Waals surface area contributed by atoms with Gasteiger partial charge < -0.3 is 14.4 Å². The van der Waals surface area contributed by atoms with Crippen molar-refractivity contribution in [2.75, 3.05) is 31.1 Å². The van der Waals surface area contributed by atoms with Crippen LogP contribution in [0.15, 0.2) is 73.1 Å². The SMILES string of the molecule is Cc1ccccc1[C@@H](CC(=O)N1CCN(c2ccccc2F)CC1)n1cccc1. The van der Waals surface area contributed by atoms with Crippen molar-refractivity contribution < 1.29 is 9.18 Å². The van der Waals surface area contributed by atoms with E-state index in [0.717, 1.165) is 0 Å². The molecule has 0 unspecified atom stereocenters. The molecule has 2 aromatic carbocycles. The van der Waals surface area contributed by atoms with Crippen molar-refractivity contribution >= 4 is 11.6 Å². The average Bonchev–Trinajstić information content (AvgIpc) is 3.28. The van der Waals surface area contributed by atoms with Gasteiger partial charge >= 0.3 is 0 Å². The lowest BCUT2D eigenvalue weighted by molar-refractivity contribution is -0.132. The Morgan fingerprint density at radius 2 is 1.59 bits per heavy atom. The molecule has 0 spiro atoms. The van der Waals surface area contributed by atoms with Crippen LogP contribution in [0.2, 0.25) is 0 Å². The maximum Gasteiger partial charge on any atom is 0.225 e. The number of halogens is 1. The third-order valence-electron chi connectivity index (χ3n) is 5.73. The highest BCUT2D eigenvalue weighted by Crippen LogP contribution is 2.27. The normalized spacial score (nSPS) is 15.4. The van der Waals surface area contributed by atoms with Crippen LogP contribution in [-0.2, 0) is 4.79 Å². The Morgan fingerprint density at radius 3 is 2.28 bits per heavy atom. The number of amides is 1. The summed E-state index contributed by atoms with van der Waals surface area (Å²) in [7, 11) is 0. The van der Waals surface area contributed by atoms with Crippen molar-refractivity contribution in [3.63, 3.8) is 0 Å². The van der Waals surface area contributed by atoms with Crippen LogP contribution in [0.25, 0.3) is 0 Å². The number of piperazine rings is 1. The number of carbonyl (C=O) groups is 1. The molecule has 0 saturated carbocycles. The number of carbonyl (C=O) groups excluding carboxylic acids is 1. The van der Waals surface area contributed by atoms with Gasteiger partial charge in [0.15, 0.2) is 0 Å². The summed E-state index contributed by atoms with van der Waals surface area (Å²) < 4.78 is 16.2. The fourth-order valence-corrected chi connectivity index (χ4v) is 4.09. The maximum atomic E-state index is 14.1. The highest BCUT2D eigenvalue weighted by molar-refractivity contribution is 5.77. The Morgan fingerprint density at radius 1 is 0.931 bits per heavy atom. The third-order valence-corrected chi connectivity index (χ3v) is 5.73. The highest BCUT2D eigenvalue weighted by Gasteiger charge is 2.26. The molecule has 0 radical (unpaired) electrons. The van der Waals surface area contributed by atoms with Crippen molar-refractivity contribution in [1.29, 1.82) is 0 Å². The zero-order chi connectivity index (χ0) is 20.2. The maximum absolute atomic E-state index is 14.1. The summed E-state index contributed by atoms with van der Waals surface area (Å²) in [5.41, 5.74) is 2.97. The molecule has 0 aliphatic carbocycles. The molecule has 1 amide bonds. The minimum absolute atomic E-state index is 0.0247. The van der Waals surface area contributed by atoms with E-state index in [1.54, 1.807) is 12.1 Å². The van der Waals surface area contributed by atoms with Crippen molar-refractivity contribution in [2.24, 2.45) is 0 Å². The summed E-state index contributed by atoms with van der Waals surface area (Å²) in [6, 6.07) is 19.0. The van der Waals surface area contributed by atoms with Crippen LogP contribution in [0.3, 0.4) is 0 Å². The predicted octanol–water partition coefficient (Wildman–Crippen LogP) is 4.26.